The first-order valence-corrected chi connectivity index (χ1v) is 8.74. The number of hydrogen-bond donors (Lipinski definition) is 1. The van der Waals surface area contributed by atoms with Crippen molar-refractivity contribution in [1.82, 2.24) is 14.9 Å². The molecule has 6 nitrogen and oxygen atoms in total. The Morgan fingerprint density at radius 1 is 1.20 bits per heavy atom. The van der Waals surface area contributed by atoms with E-state index in [0.717, 1.165) is 36.6 Å². The Kier molecular flexibility index (Phi) is 7.42. The number of aromatic nitrogens is 2. The Labute approximate surface area is 173 Å². The van der Waals surface area contributed by atoms with Crippen LogP contribution in [0.1, 0.15) is 11.1 Å². The molecule has 0 unspecified atom stereocenters. The summed E-state index contributed by atoms with van der Waals surface area (Å²) in [7, 11) is 0. The van der Waals surface area contributed by atoms with Gasteiger partial charge in [0.15, 0.2) is 5.96 Å². The highest BCUT2D eigenvalue weighted by Gasteiger charge is 2.19. The monoisotopic (exact) mass is 516 g/mol. The second-order valence-corrected chi connectivity index (χ2v) is 6.68. The average molecular weight is 517 g/mol. The van der Waals surface area contributed by atoms with E-state index in [0.29, 0.717) is 12.5 Å². The summed E-state index contributed by atoms with van der Waals surface area (Å²) in [4.78, 5) is 17.4. The van der Waals surface area contributed by atoms with Gasteiger partial charge in [-0.25, -0.2) is 15.0 Å². The van der Waals surface area contributed by atoms with E-state index < -0.39 is 0 Å². The fourth-order valence-corrected chi connectivity index (χ4v) is 3.17. The number of guanidine groups is 1. The SMILES string of the molecule is Cc1cc(Br)ccc1CN=C(N)N1CCN(c2ncccn2)CC1.I. The van der Waals surface area contributed by atoms with Crippen LogP contribution in [0.3, 0.4) is 0 Å². The Morgan fingerprint density at radius 2 is 1.88 bits per heavy atom. The third kappa shape index (κ3) is 5.27. The minimum absolute atomic E-state index is 0. The van der Waals surface area contributed by atoms with Gasteiger partial charge in [0.1, 0.15) is 0 Å². The van der Waals surface area contributed by atoms with Crippen LogP contribution in [-0.2, 0) is 6.54 Å². The van der Waals surface area contributed by atoms with E-state index in [1.807, 2.05) is 12.1 Å². The number of hydrogen-bond acceptors (Lipinski definition) is 4. The van der Waals surface area contributed by atoms with Gasteiger partial charge in [0, 0.05) is 43.0 Å². The molecule has 0 saturated carbocycles. The van der Waals surface area contributed by atoms with Crippen molar-refractivity contribution in [3.8, 4) is 0 Å². The quantitative estimate of drug-likeness (QED) is 0.386. The zero-order valence-electron chi connectivity index (χ0n) is 14.1. The van der Waals surface area contributed by atoms with Crippen molar-refractivity contribution < 1.29 is 0 Å². The number of aryl methyl sites for hydroxylation is 1. The predicted octanol–water partition coefficient (Wildman–Crippen LogP) is 2.80. The summed E-state index contributed by atoms with van der Waals surface area (Å²) in [6.07, 6.45) is 3.54. The molecule has 2 aromatic rings. The Morgan fingerprint density at radius 3 is 2.52 bits per heavy atom. The highest BCUT2D eigenvalue weighted by atomic mass is 127. The van der Waals surface area contributed by atoms with Crippen molar-refractivity contribution in [3.05, 3.63) is 52.3 Å². The van der Waals surface area contributed by atoms with Crippen molar-refractivity contribution >= 4 is 51.8 Å². The number of nitrogens with two attached hydrogens (primary N) is 1. The Balaban J connectivity index is 0.00000225. The van der Waals surface area contributed by atoms with Gasteiger partial charge in [-0.1, -0.05) is 22.0 Å². The molecule has 1 aliphatic heterocycles. The van der Waals surface area contributed by atoms with Gasteiger partial charge in [0.25, 0.3) is 0 Å². The first-order chi connectivity index (χ1) is 11.6. The van der Waals surface area contributed by atoms with Crippen LogP contribution < -0.4 is 10.6 Å². The van der Waals surface area contributed by atoms with Gasteiger partial charge in [-0.2, -0.15) is 0 Å². The van der Waals surface area contributed by atoms with Crippen LogP contribution in [0.25, 0.3) is 0 Å². The molecule has 8 heteroatoms. The normalized spacial score (nSPS) is 15.0. The van der Waals surface area contributed by atoms with Crippen LogP contribution in [0.2, 0.25) is 0 Å². The molecule has 1 saturated heterocycles. The molecular formula is C17H22BrIN6. The fraction of sp³-hybridized carbons (Fsp3) is 0.353. The molecule has 134 valence electrons. The predicted molar refractivity (Wildman–Crippen MR) is 115 cm³/mol. The maximum absolute atomic E-state index is 6.18. The number of piperazine rings is 1. The number of aliphatic imine (C=N–C) groups is 1. The van der Waals surface area contributed by atoms with Crippen LogP contribution in [0.5, 0.6) is 0 Å². The third-order valence-corrected chi connectivity index (χ3v) is 4.65. The summed E-state index contributed by atoms with van der Waals surface area (Å²) in [6.45, 7) is 6.03. The van der Waals surface area contributed by atoms with E-state index in [4.69, 9.17) is 5.73 Å². The largest absolute Gasteiger partial charge is 0.370 e. The molecule has 0 atom stereocenters. The topological polar surface area (TPSA) is 70.6 Å². The summed E-state index contributed by atoms with van der Waals surface area (Å²) in [5, 5.41) is 0. The highest BCUT2D eigenvalue weighted by molar-refractivity contribution is 14.0. The molecule has 1 aromatic heterocycles. The molecule has 25 heavy (non-hydrogen) atoms. The lowest BCUT2D eigenvalue weighted by Crippen LogP contribution is -2.51. The van der Waals surface area contributed by atoms with Crippen molar-refractivity contribution in [2.45, 2.75) is 13.5 Å². The molecule has 1 fully saturated rings. The van der Waals surface area contributed by atoms with Crippen molar-refractivity contribution in [2.24, 2.45) is 10.7 Å². The number of nitrogens with zero attached hydrogens (tertiary/aromatic N) is 5. The first-order valence-electron chi connectivity index (χ1n) is 7.95. The zero-order chi connectivity index (χ0) is 16.9. The number of anilines is 1. The molecular weight excluding hydrogens is 495 g/mol. The molecule has 1 aromatic carbocycles. The van der Waals surface area contributed by atoms with E-state index in [1.165, 1.54) is 11.1 Å². The Hall–Kier alpha value is -1.42. The smallest absolute Gasteiger partial charge is 0.225 e. The summed E-state index contributed by atoms with van der Waals surface area (Å²) in [5.74, 6) is 1.38. The van der Waals surface area contributed by atoms with E-state index in [2.05, 4.69) is 59.7 Å². The van der Waals surface area contributed by atoms with E-state index in [1.54, 1.807) is 12.4 Å². The number of halogens is 2. The summed E-state index contributed by atoms with van der Waals surface area (Å²) in [5.41, 5.74) is 8.58. The number of benzene rings is 1. The van der Waals surface area contributed by atoms with Gasteiger partial charge in [-0.15, -0.1) is 24.0 Å². The minimum Gasteiger partial charge on any atom is -0.370 e. The second kappa shape index (κ2) is 9.33. The molecule has 2 heterocycles. The van der Waals surface area contributed by atoms with Gasteiger partial charge < -0.3 is 15.5 Å². The summed E-state index contributed by atoms with van der Waals surface area (Å²) < 4.78 is 1.08. The molecule has 0 radical (unpaired) electrons. The summed E-state index contributed by atoms with van der Waals surface area (Å²) in [6, 6.07) is 8.04. The van der Waals surface area contributed by atoms with Crippen LogP contribution in [0, 0.1) is 6.92 Å². The zero-order valence-corrected chi connectivity index (χ0v) is 18.0. The molecule has 0 amide bonds. The second-order valence-electron chi connectivity index (χ2n) is 5.77. The van der Waals surface area contributed by atoms with E-state index in [-0.39, 0.29) is 24.0 Å². The molecule has 3 rings (SSSR count). The molecule has 1 aliphatic rings. The number of rotatable bonds is 3. The van der Waals surface area contributed by atoms with Crippen LogP contribution in [0.4, 0.5) is 5.95 Å². The van der Waals surface area contributed by atoms with Crippen molar-refractivity contribution in [3.63, 3.8) is 0 Å². The lowest BCUT2D eigenvalue weighted by atomic mass is 10.1. The standard InChI is InChI=1S/C17H21BrN6.HI/c1-13-11-15(18)4-3-14(13)12-22-16(19)23-7-9-24(10-8-23)17-20-5-2-6-21-17;/h2-6,11H,7-10,12H2,1H3,(H2,19,22);1H. The van der Waals surface area contributed by atoms with Gasteiger partial charge in [0.05, 0.1) is 6.54 Å². The molecule has 0 bridgehead atoms. The van der Waals surface area contributed by atoms with Crippen molar-refractivity contribution in [2.75, 3.05) is 31.1 Å². The van der Waals surface area contributed by atoms with Crippen LogP contribution in [-0.4, -0.2) is 47.0 Å². The van der Waals surface area contributed by atoms with E-state index >= 15 is 0 Å². The third-order valence-electron chi connectivity index (χ3n) is 4.15. The maximum atomic E-state index is 6.18. The molecule has 2 N–H and O–H groups in total. The molecule has 0 spiro atoms. The van der Waals surface area contributed by atoms with Gasteiger partial charge in [-0.3, -0.25) is 0 Å². The minimum atomic E-state index is 0. The van der Waals surface area contributed by atoms with Gasteiger partial charge >= 0.3 is 0 Å². The summed E-state index contributed by atoms with van der Waals surface area (Å²) >= 11 is 3.48. The van der Waals surface area contributed by atoms with Crippen LogP contribution in [0.15, 0.2) is 46.1 Å². The lowest BCUT2D eigenvalue weighted by Gasteiger charge is -2.35. The fourth-order valence-electron chi connectivity index (χ4n) is 2.69. The Bertz CT molecular complexity index is 716. The molecule has 0 aliphatic carbocycles. The lowest BCUT2D eigenvalue weighted by molar-refractivity contribution is 0.378. The maximum Gasteiger partial charge on any atom is 0.225 e. The van der Waals surface area contributed by atoms with E-state index in [9.17, 15) is 0 Å². The van der Waals surface area contributed by atoms with Gasteiger partial charge in [0.2, 0.25) is 5.95 Å². The van der Waals surface area contributed by atoms with Gasteiger partial charge in [-0.05, 0) is 36.2 Å². The van der Waals surface area contributed by atoms with Crippen molar-refractivity contribution in [1.29, 1.82) is 0 Å². The average Bonchev–Trinajstić information content (AvgIpc) is 2.62. The van der Waals surface area contributed by atoms with Crippen LogP contribution >= 0.6 is 39.9 Å². The first kappa shape index (κ1) is 19.9. The highest BCUT2D eigenvalue weighted by Crippen LogP contribution is 2.17.